The van der Waals surface area contributed by atoms with Crippen molar-refractivity contribution < 1.29 is 19.1 Å². The normalized spacial score (nSPS) is 25.3. The molecule has 2 saturated heterocycles. The number of carbonyl (C=O) groups excluding carboxylic acids is 3. The highest BCUT2D eigenvalue weighted by atomic mass is 32.2. The maximum atomic E-state index is 13.2. The zero-order valence-electron chi connectivity index (χ0n) is 16.5. The number of nitrogens with two attached hydrogens (primary N) is 1. The van der Waals surface area contributed by atoms with Crippen LogP contribution in [0.25, 0.3) is 0 Å². The molecule has 2 amide bonds. The fraction of sp³-hybridized carbons (Fsp3) is 0.318. The van der Waals surface area contributed by atoms with E-state index in [0.29, 0.717) is 5.75 Å². The molecule has 7 nitrogen and oxygen atoms in total. The Balaban J connectivity index is 1.51. The summed E-state index contributed by atoms with van der Waals surface area (Å²) in [5, 5.41) is 2.45. The van der Waals surface area contributed by atoms with E-state index in [2.05, 4.69) is 5.32 Å². The topological polar surface area (TPSA) is 102 Å². The summed E-state index contributed by atoms with van der Waals surface area (Å²) in [6.45, 7) is 1.44. The monoisotopic (exact) mass is 425 g/mol. The van der Waals surface area contributed by atoms with E-state index < -0.39 is 23.7 Å². The van der Waals surface area contributed by atoms with Crippen molar-refractivity contribution >= 4 is 29.5 Å². The van der Waals surface area contributed by atoms with E-state index in [1.165, 1.54) is 23.6 Å². The largest absolute Gasteiger partial charge is 0.451 e. The van der Waals surface area contributed by atoms with Crippen LogP contribution in [0.1, 0.15) is 24.2 Å². The Bertz CT molecular complexity index is 916. The van der Waals surface area contributed by atoms with E-state index in [1.807, 2.05) is 60.7 Å². The molecule has 0 saturated carbocycles. The van der Waals surface area contributed by atoms with Crippen LogP contribution in [0.4, 0.5) is 0 Å². The second kappa shape index (κ2) is 8.12. The smallest absolute Gasteiger partial charge is 0.329 e. The number of β-lactam (4-membered cyclic amide) rings is 1. The number of ether oxygens (including phenoxy) is 1. The van der Waals surface area contributed by atoms with Crippen LogP contribution < -0.4 is 11.1 Å². The Labute approximate surface area is 178 Å². The van der Waals surface area contributed by atoms with Gasteiger partial charge in [-0.3, -0.25) is 9.59 Å². The lowest BCUT2D eigenvalue weighted by Gasteiger charge is -2.53. The number of fused-ring (bicyclic) bond motifs is 1. The van der Waals surface area contributed by atoms with E-state index in [1.54, 1.807) is 0 Å². The Morgan fingerprint density at radius 2 is 1.70 bits per heavy atom. The molecule has 2 aliphatic rings. The molecule has 0 spiro atoms. The lowest BCUT2D eigenvalue weighted by molar-refractivity contribution is -0.159. The molecule has 8 heteroatoms. The molecule has 2 aromatic carbocycles. The molecule has 30 heavy (non-hydrogen) atoms. The first-order valence-corrected chi connectivity index (χ1v) is 10.7. The van der Waals surface area contributed by atoms with Gasteiger partial charge in [0.1, 0.15) is 17.0 Å². The number of nitrogens with one attached hydrogen (secondary N) is 1. The average Bonchev–Trinajstić information content (AvgIpc) is 2.76. The van der Waals surface area contributed by atoms with E-state index in [-0.39, 0.29) is 23.7 Å². The highest BCUT2D eigenvalue weighted by molar-refractivity contribution is 8.00. The quantitative estimate of drug-likeness (QED) is 0.555. The maximum absolute atomic E-state index is 13.2. The molecule has 0 bridgehead atoms. The third-order valence-corrected chi connectivity index (χ3v) is 6.85. The number of hydrogen-bond acceptors (Lipinski definition) is 6. The molecule has 0 radical (unpaired) electrons. The van der Waals surface area contributed by atoms with Gasteiger partial charge >= 0.3 is 5.97 Å². The molecule has 0 aromatic heterocycles. The number of nitrogens with zero attached hydrogens (tertiary/aromatic N) is 1. The summed E-state index contributed by atoms with van der Waals surface area (Å²) in [4.78, 5) is 38.4. The molecule has 2 aliphatic heterocycles. The number of rotatable bonds is 5. The van der Waals surface area contributed by atoms with Crippen molar-refractivity contribution in [1.82, 2.24) is 10.2 Å². The van der Waals surface area contributed by atoms with Crippen molar-refractivity contribution in [3.05, 3.63) is 71.8 Å². The van der Waals surface area contributed by atoms with Crippen molar-refractivity contribution in [2.75, 3.05) is 12.3 Å². The summed E-state index contributed by atoms with van der Waals surface area (Å²) >= 11 is 1.39. The molecule has 0 aliphatic carbocycles. The molecule has 2 unspecified atom stereocenters. The van der Waals surface area contributed by atoms with Gasteiger partial charge in [0.15, 0.2) is 6.10 Å². The average molecular weight is 426 g/mol. The zero-order chi connectivity index (χ0) is 21.3. The molecule has 156 valence electrons. The van der Waals surface area contributed by atoms with Gasteiger partial charge in [-0.2, -0.15) is 0 Å². The summed E-state index contributed by atoms with van der Waals surface area (Å²) < 4.78 is 5.91. The number of thioether (sulfide) groups is 1. The number of benzene rings is 2. The Kier molecular flexibility index (Phi) is 5.53. The van der Waals surface area contributed by atoms with E-state index in [4.69, 9.17) is 10.5 Å². The summed E-state index contributed by atoms with van der Waals surface area (Å²) in [6, 6.07) is 18.4. The van der Waals surface area contributed by atoms with Gasteiger partial charge in [-0.05, 0) is 11.1 Å². The van der Waals surface area contributed by atoms with Gasteiger partial charge < -0.3 is 20.7 Å². The third kappa shape index (κ3) is 3.80. The minimum absolute atomic E-state index is 0.0642. The molecule has 3 atom stereocenters. The minimum Gasteiger partial charge on any atom is -0.451 e. The van der Waals surface area contributed by atoms with Crippen molar-refractivity contribution in [3.63, 3.8) is 0 Å². The molecular weight excluding hydrogens is 402 g/mol. The van der Waals surface area contributed by atoms with Crippen molar-refractivity contribution in [2.24, 2.45) is 5.73 Å². The Hall–Kier alpha value is -2.84. The predicted octanol–water partition coefficient (Wildman–Crippen LogP) is 1.44. The Morgan fingerprint density at radius 3 is 2.23 bits per heavy atom. The fourth-order valence-electron chi connectivity index (χ4n) is 3.75. The highest BCUT2D eigenvalue weighted by Gasteiger charge is 2.56. The highest BCUT2D eigenvalue weighted by Crippen LogP contribution is 2.38. The molecule has 2 aromatic rings. The van der Waals surface area contributed by atoms with Crippen LogP contribution >= 0.6 is 11.8 Å². The molecule has 4 rings (SSSR count). The first kappa shape index (κ1) is 20.4. The zero-order valence-corrected chi connectivity index (χ0v) is 17.3. The lowest BCUT2D eigenvalue weighted by atomic mass is 9.96. The van der Waals surface area contributed by atoms with Crippen molar-refractivity contribution in [3.8, 4) is 0 Å². The van der Waals surface area contributed by atoms with Crippen molar-refractivity contribution in [1.29, 1.82) is 0 Å². The summed E-state index contributed by atoms with van der Waals surface area (Å²) in [5.74, 6) is -0.743. The lowest BCUT2D eigenvalue weighted by Crippen LogP contribution is -2.76. The van der Waals surface area contributed by atoms with Crippen molar-refractivity contribution in [2.45, 2.75) is 30.0 Å². The minimum atomic E-state index is -1.32. The summed E-state index contributed by atoms with van der Waals surface area (Å²) in [7, 11) is 0. The molecule has 2 heterocycles. The second-order valence-electron chi connectivity index (χ2n) is 7.61. The standard InChI is InChI=1S/C22H23N3O4S/c1-14(26)24-17-19(27)25-12-22(23,13-30-20(17)25)21(28)29-18(15-8-4-2-5-9-15)16-10-6-3-7-11-16/h2-11,17-18,20H,12-13,23H2,1H3,(H,24,26)/t17?,20-,22?/m1/s1. The van der Waals surface area contributed by atoms with Gasteiger partial charge in [-0.15, -0.1) is 11.8 Å². The van der Waals surface area contributed by atoms with Gasteiger partial charge in [-0.1, -0.05) is 60.7 Å². The van der Waals surface area contributed by atoms with Crippen LogP contribution in [0, 0.1) is 0 Å². The SMILES string of the molecule is CC(=O)NC1C(=O)N2CC(N)(C(=O)OC(c3ccccc3)c3ccccc3)CS[C@H]12. The van der Waals surface area contributed by atoms with Gasteiger partial charge in [0.2, 0.25) is 11.8 Å². The first-order chi connectivity index (χ1) is 14.4. The number of hydrogen-bond donors (Lipinski definition) is 2. The van der Waals surface area contributed by atoms with Crippen LogP contribution in [-0.2, 0) is 19.1 Å². The number of amides is 2. The van der Waals surface area contributed by atoms with Crippen LogP contribution in [-0.4, -0.2) is 51.9 Å². The fourth-order valence-corrected chi connectivity index (χ4v) is 5.16. The Morgan fingerprint density at radius 1 is 1.13 bits per heavy atom. The number of esters is 1. The maximum Gasteiger partial charge on any atom is 0.329 e. The predicted molar refractivity (Wildman–Crippen MR) is 113 cm³/mol. The van der Waals surface area contributed by atoms with Gasteiger partial charge in [0.05, 0.1) is 6.54 Å². The van der Waals surface area contributed by atoms with E-state index in [0.717, 1.165) is 11.1 Å². The third-order valence-electron chi connectivity index (χ3n) is 5.30. The second-order valence-corrected chi connectivity index (χ2v) is 8.71. The molecule has 3 N–H and O–H groups in total. The van der Waals surface area contributed by atoms with Crippen LogP contribution in [0.2, 0.25) is 0 Å². The van der Waals surface area contributed by atoms with Crippen LogP contribution in [0.3, 0.4) is 0 Å². The van der Waals surface area contributed by atoms with Gasteiger partial charge in [-0.25, -0.2) is 4.79 Å². The van der Waals surface area contributed by atoms with E-state index in [9.17, 15) is 14.4 Å². The number of carbonyl (C=O) groups is 3. The van der Waals surface area contributed by atoms with Gasteiger partial charge in [0.25, 0.3) is 0 Å². The first-order valence-electron chi connectivity index (χ1n) is 9.68. The van der Waals surface area contributed by atoms with Crippen LogP contribution in [0.15, 0.2) is 60.7 Å². The molecule has 2 fully saturated rings. The van der Waals surface area contributed by atoms with Gasteiger partial charge in [0, 0.05) is 12.7 Å². The van der Waals surface area contributed by atoms with E-state index >= 15 is 0 Å². The molecular formula is C22H23N3O4S. The summed E-state index contributed by atoms with van der Waals surface area (Å²) in [6.07, 6.45) is -0.595. The summed E-state index contributed by atoms with van der Waals surface area (Å²) in [5.41, 5.74) is 6.79. The van der Waals surface area contributed by atoms with Crippen LogP contribution in [0.5, 0.6) is 0 Å².